The molecule has 0 aliphatic rings. The summed E-state index contributed by atoms with van der Waals surface area (Å²) in [5.41, 5.74) is 0. The second-order valence-electron chi connectivity index (χ2n) is 16.4. The number of phosphoric ester groups is 1. The average Bonchev–Trinajstić information content (AvgIpc) is 3.12. The predicted molar refractivity (Wildman–Crippen MR) is 222 cm³/mol. The predicted octanol–water partition coefficient (Wildman–Crippen LogP) is 11.9. The maximum atomic E-state index is 12.7. The number of hydrogen-bond donors (Lipinski definition) is 0. The molecule has 0 spiro atoms. The lowest BCUT2D eigenvalue weighted by Crippen LogP contribution is -2.37. The van der Waals surface area contributed by atoms with Crippen molar-refractivity contribution in [1.29, 1.82) is 0 Å². The van der Waals surface area contributed by atoms with E-state index in [0.29, 0.717) is 17.4 Å². The molecule has 320 valence electrons. The van der Waals surface area contributed by atoms with E-state index in [1.165, 1.54) is 122 Å². The van der Waals surface area contributed by atoms with E-state index in [0.717, 1.165) is 51.4 Å². The van der Waals surface area contributed by atoms with Gasteiger partial charge in [0, 0.05) is 12.8 Å². The highest BCUT2D eigenvalue weighted by atomic mass is 31.2. The zero-order valence-corrected chi connectivity index (χ0v) is 36.8. The van der Waals surface area contributed by atoms with Gasteiger partial charge in [0.25, 0.3) is 7.82 Å². The molecular formula is C44H86NO8P. The molecule has 0 heterocycles. The van der Waals surface area contributed by atoms with E-state index in [-0.39, 0.29) is 32.0 Å². The highest BCUT2D eigenvalue weighted by Gasteiger charge is 2.21. The van der Waals surface area contributed by atoms with Crippen molar-refractivity contribution in [1.82, 2.24) is 0 Å². The molecular weight excluding hydrogens is 701 g/mol. The van der Waals surface area contributed by atoms with E-state index < -0.39 is 26.5 Å². The van der Waals surface area contributed by atoms with Gasteiger partial charge in [-0.15, -0.1) is 0 Å². The van der Waals surface area contributed by atoms with E-state index in [4.69, 9.17) is 18.5 Å². The third-order valence-corrected chi connectivity index (χ3v) is 10.7. The standard InChI is InChI=1S/C44H86NO8P/c1-6-8-10-12-14-16-18-20-22-24-26-28-30-32-34-36-43(46)50-40-42(41-52-54(48,49)51-39-38-45(3,4)5)53-44(47)37-35-33-31-29-27-25-23-21-19-17-15-13-11-9-7-2/h21,23,42H,6-20,22,24-41H2,1-5H3/b23-21-/t42-/m1/s1. The van der Waals surface area contributed by atoms with E-state index in [9.17, 15) is 19.0 Å². The number of likely N-dealkylation sites (N-methyl/N-ethyl adjacent to an activating group) is 1. The maximum Gasteiger partial charge on any atom is 0.306 e. The van der Waals surface area contributed by atoms with Gasteiger partial charge in [-0.2, -0.15) is 0 Å². The van der Waals surface area contributed by atoms with Crippen molar-refractivity contribution < 1.29 is 42.1 Å². The number of carbonyl (C=O) groups is 2. The summed E-state index contributed by atoms with van der Waals surface area (Å²) in [4.78, 5) is 37.5. The Balaban J connectivity index is 4.34. The summed E-state index contributed by atoms with van der Waals surface area (Å²) in [6.45, 7) is 4.23. The molecule has 2 atom stereocenters. The van der Waals surface area contributed by atoms with E-state index >= 15 is 0 Å². The van der Waals surface area contributed by atoms with Gasteiger partial charge in [-0.25, -0.2) is 0 Å². The zero-order valence-electron chi connectivity index (χ0n) is 35.9. The van der Waals surface area contributed by atoms with Crippen LogP contribution in [0.1, 0.15) is 206 Å². The number of nitrogens with zero attached hydrogens (tertiary/aromatic N) is 1. The van der Waals surface area contributed by atoms with Crippen LogP contribution in [0.3, 0.4) is 0 Å². The number of unbranched alkanes of at least 4 members (excludes halogenated alkanes) is 25. The Morgan fingerprint density at radius 3 is 1.37 bits per heavy atom. The van der Waals surface area contributed by atoms with Crippen LogP contribution in [0.25, 0.3) is 0 Å². The Kier molecular flexibility index (Phi) is 36.5. The smallest absolute Gasteiger partial charge is 0.306 e. The Bertz CT molecular complexity index is 938. The molecule has 10 heteroatoms. The van der Waals surface area contributed by atoms with Crippen LogP contribution in [0.2, 0.25) is 0 Å². The first-order valence-electron chi connectivity index (χ1n) is 22.4. The van der Waals surface area contributed by atoms with Gasteiger partial charge in [0.05, 0.1) is 27.7 Å². The van der Waals surface area contributed by atoms with Gasteiger partial charge in [-0.05, 0) is 38.5 Å². The lowest BCUT2D eigenvalue weighted by molar-refractivity contribution is -0.870. The van der Waals surface area contributed by atoms with Crippen molar-refractivity contribution in [3.8, 4) is 0 Å². The average molecular weight is 788 g/mol. The number of phosphoric acid groups is 1. The first kappa shape index (κ1) is 52.8. The molecule has 0 N–H and O–H groups in total. The van der Waals surface area contributed by atoms with Crippen LogP contribution in [0.15, 0.2) is 12.2 Å². The molecule has 54 heavy (non-hydrogen) atoms. The molecule has 0 aliphatic heterocycles. The van der Waals surface area contributed by atoms with Crippen LogP contribution < -0.4 is 4.89 Å². The molecule has 0 amide bonds. The first-order chi connectivity index (χ1) is 26.0. The Morgan fingerprint density at radius 2 is 0.944 bits per heavy atom. The van der Waals surface area contributed by atoms with Gasteiger partial charge < -0.3 is 27.9 Å². The molecule has 9 nitrogen and oxygen atoms in total. The minimum absolute atomic E-state index is 0.0293. The maximum absolute atomic E-state index is 12.7. The molecule has 0 saturated heterocycles. The molecule has 0 saturated carbocycles. The molecule has 0 fully saturated rings. The molecule has 0 aliphatic carbocycles. The summed E-state index contributed by atoms with van der Waals surface area (Å²) in [7, 11) is 1.17. The minimum atomic E-state index is -4.62. The van der Waals surface area contributed by atoms with Crippen molar-refractivity contribution in [2.45, 2.75) is 213 Å². The van der Waals surface area contributed by atoms with Gasteiger partial charge in [0.1, 0.15) is 19.8 Å². The minimum Gasteiger partial charge on any atom is -0.756 e. The van der Waals surface area contributed by atoms with E-state index in [2.05, 4.69) is 26.0 Å². The van der Waals surface area contributed by atoms with Crippen molar-refractivity contribution in [2.24, 2.45) is 0 Å². The summed E-state index contributed by atoms with van der Waals surface area (Å²) in [6, 6.07) is 0. The van der Waals surface area contributed by atoms with Crippen LogP contribution in [0.5, 0.6) is 0 Å². The molecule has 0 radical (unpaired) electrons. The van der Waals surface area contributed by atoms with Crippen molar-refractivity contribution in [2.75, 3.05) is 47.5 Å². The van der Waals surface area contributed by atoms with Gasteiger partial charge in [-0.3, -0.25) is 14.2 Å². The second kappa shape index (κ2) is 37.3. The normalized spacial score (nSPS) is 13.7. The fourth-order valence-corrected chi connectivity index (χ4v) is 6.97. The fraction of sp³-hybridized carbons (Fsp3) is 0.909. The molecule has 1 unspecified atom stereocenters. The summed E-state index contributed by atoms with van der Waals surface area (Å²) < 4.78 is 33.9. The monoisotopic (exact) mass is 788 g/mol. The molecule has 0 aromatic heterocycles. The van der Waals surface area contributed by atoms with Crippen LogP contribution in [-0.2, 0) is 32.7 Å². The Labute approximate surface area is 333 Å². The highest BCUT2D eigenvalue weighted by molar-refractivity contribution is 7.45. The molecule has 0 aromatic rings. The third kappa shape index (κ3) is 40.4. The van der Waals surface area contributed by atoms with E-state index in [1.54, 1.807) is 0 Å². The van der Waals surface area contributed by atoms with Crippen LogP contribution in [0, 0.1) is 0 Å². The Morgan fingerprint density at radius 1 is 0.556 bits per heavy atom. The Hall–Kier alpha value is -1.25. The van der Waals surface area contributed by atoms with E-state index in [1.807, 2.05) is 21.1 Å². The summed E-state index contributed by atoms with van der Waals surface area (Å²) in [5, 5.41) is 0. The van der Waals surface area contributed by atoms with Crippen LogP contribution in [0.4, 0.5) is 0 Å². The van der Waals surface area contributed by atoms with Crippen molar-refractivity contribution in [3.63, 3.8) is 0 Å². The number of rotatable bonds is 41. The lowest BCUT2D eigenvalue weighted by atomic mass is 10.0. The topological polar surface area (TPSA) is 111 Å². The molecule has 0 bridgehead atoms. The SMILES string of the molecule is CCCCCCCC/C=C\CCCCCCCC(=O)O[C@H](COC(=O)CCCCCCCCCCCCCCCCC)COP(=O)([O-])OCC[N+](C)(C)C. The zero-order chi connectivity index (χ0) is 40.0. The largest absolute Gasteiger partial charge is 0.756 e. The molecule has 0 aromatic carbocycles. The number of hydrogen-bond acceptors (Lipinski definition) is 8. The summed E-state index contributed by atoms with van der Waals surface area (Å²) in [6.07, 6.45) is 38.0. The second-order valence-corrected chi connectivity index (χ2v) is 17.8. The summed E-state index contributed by atoms with van der Waals surface area (Å²) in [5.74, 6) is -0.834. The lowest BCUT2D eigenvalue weighted by Gasteiger charge is -2.28. The molecule has 0 rings (SSSR count). The van der Waals surface area contributed by atoms with Crippen molar-refractivity contribution in [3.05, 3.63) is 12.2 Å². The fourth-order valence-electron chi connectivity index (χ4n) is 6.24. The number of carbonyl (C=O) groups excluding carboxylic acids is 2. The van der Waals surface area contributed by atoms with Crippen LogP contribution >= 0.6 is 7.82 Å². The quantitative estimate of drug-likeness (QED) is 0.0198. The summed E-state index contributed by atoms with van der Waals surface area (Å²) >= 11 is 0. The highest BCUT2D eigenvalue weighted by Crippen LogP contribution is 2.38. The first-order valence-corrected chi connectivity index (χ1v) is 23.9. The number of ether oxygens (including phenoxy) is 2. The van der Waals surface area contributed by atoms with Gasteiger partial charge >= 0.3 is 11.9 Å². The van der Waals surface area contributed by atoms with Gasteiger partial charge in [-0.1, -0.05) is 167 Å². The van der Waals surface area contributed by atoms with Gasteiger partial charge in [0.2, 0.25) is 0 Å². The van der Waals surface area contributed by atoms with Gasteiger partial charge in [0.15, 0.2) is 6.10 Å². The number of allylic oxidation sites excluding steroid dienone is 2. The third-order valence-electron chi connectivity index (χ3n) is 9.79. The number of esters is 2. The van der Waals surface area contributed by atoms with Crippen LogP contribution in [-0.4, -0.2) is 70.0 Å². The number of quaternary nitrogens is 1. The van der Waals surface area contributed by atoms with Crippen molar-refractivity contribution >= 4 is 19.8 Å².